The van der Waals surface area contributed by atoms with Crippen LogP contribution < -0.4 is 4.74 Å². The number of hydrogen-bond donors (Lipinski definition) is 0. The van der Waals surface area contributed by atoms with Crippen LogP contribution in [-0.4, -0.2) is 55.4 Å². The maximum atomic E-state index is 13.2. The van der Waals surface area contributed by atoms with Crippen molar-refractivity contribution in [3.63, 3.8) is 0 Å². The highest BCUT2D eigenvalue weighted by Gasteiger charge is 2.31. The Labute approximate surface area is 185 Å². The van der Waals surface area contributed by atoms with Gasteiger partial charge in [-0.2, -0.15) is 13.1 Å². The lowest BCUT2D eigenvalue weighted by molar-refractivity contribution is -0.0498. The molecule has 1 aromatic carbocycles. The third kappa shape index (κ3) is 5.14. The molecule has 10 heteroatoms. The number of aryl methyl sites for hydroxylation is 2. The average molecular weight is 470 g/mol. The summed E-state index contributed by atoms with van der Waals surface area (Å²) in [6, 6.07) is 4.64. The summed E-state index contributed by atoms with van der Waals surface area (Å²) in [6.45, 7) is 2.16. The molecule has 168 valence electrons. The molecule has 1 aliphatic heterocycles. The molecule has 0 N–H and O–H groups in total. The van der Waals surface area contributed by atoms with Crippen LogP contribution in [0.3, 0.4) is 0 Å². The van der Waals surface area contributed by atoms with Crippen molar-refractivity contribution in [2.24, 2.45) is 0 Å². The lowest BCUT2D eigenvalue weighted by Crippen LogP contribution is -2.48. The number of nitrogens with zero attached hydrogens (tertiary/aromatic N) is 3. The minimum Gasteiger partial charge on any atom is -0.435 e. The van der Waals surface area contributed by atoms with E-state index in [0.717, 1.165) is 34.8 Å². The number of aromatic nitrogens is 1. The van der Waals surface area contributed by atoms with Crippen LogP contribution in [0.25, 0.3) is 6.08 Å². The van der Waals surface area contributed by atoms with Gasteiger partial charge in [-0.1, -0.05) is 13.0 Å². The number of allylic oxidation sites excluding steroid dienone is 1. The molecule has 31 heavy (non-hydrogen) atoms. The Morgan fingerprint density at radius 1 is 1.19 bits per heavy atom. The van der Waals surface area contributed by atoms with Crippen LogP contribution in [0.5, 0.6) is 5.75 Å². The molecular weight excluding hydrogens is 444 g/mol. The van der Waals surface area contributed by atoms with Crippen LogP contribution in [0.15, 0.2) is 28.5 Å². The monoisotopic (exact) mass is 469 g/mol. The van der Waals surface area contributed by atoms with E-state index >= 15 is 0 Å². The van der Waals surface area contributed by atoms with Gasteiger partial charge in [0.2, 0.25) is 10.0 Å². The summed E-state index contributed by atoms with van der Waals surface area (Å²) < 4.78 is 57.2. The van der Waals surface area contributed by atoms with Gasteiger partial charge in [-0.25, -0.2) is 13.4 Å². The van der Waals surface area contributed by atoms with Crippen molar-refractivity contribution < 1.29 is 21.9 Å². The second-order valence-corrected chi connectivity index (χ2v) is 10.5. The van der Waals surface area contributed by atoms with Crippen LogP contribution in [0.4, 0.5) is 8.78 Å². The number of halogens is 2. The van der Waals surface area contributed by atoms with E-state index in [-0.39, 0.29) is 5.75 Å². The fraction of sp³-hybridized carbons (Fsp3) is 0.476. The first-order chi connectivity index (χ1) is 14.8. The zero-order valence-electron chi connectivity index (χ0n) is 17.3. The highest BCUT2D eigenvalue weighted by molar-refractivity contribution is 7.93. The molecule has 4 rings (SSSR count). The number of benzene rings is 1. The Morgan fingerprint density at radius 3 is 2.65 bits per heavy atom. The summed E-state index contributed by atoms with van der Waals surface area (Å²) >= 11 is 1.66. The Kier molecular flexibility index (Phi) is 6.71. The predicted octanol–water partition coefficient (Wildman–Crippen LogP) is 3.74. The molecule has 0 spiro atoms. The van der Waals surface area contributed by atoms with Gasteiger partial charge in [0, 0.05) is 38.1 Å². The van der Waals surface area contributed by atoms with E-state index in [2.05, 4.69) is 26.9 Å². The second kappa shape index (κ2) is 9.32. The van der Waals surface area contributed by atoms with Crippen molar-refractivity contribution in [2.75, 3.05) is 26.2 Å². The summed E-state index contributed by atoms with van der Waals surface area (Å²) in [5.41, 5.74) is 2.59. The first-order valence-electron chi connectivity index (χ1n) is 10.3. The zero-order chi connectivity index (χ0) is 22.0. The molecule has 0 atom stereocenters. The molecule has 1 saturated heterocycles. The molecule has 2 aromatic rings. The number of thiazole rings is 1. The lowest BCUT2D eigenvalue weighted by atomic mass is 9.97. The topological polar surface area (TPSA) is 62.7 Å². The van der Waals surface area contributed by atoms with E-state index in [1.54, 1.807) is 33.9 Å². The number of hydrogen-bond acceptors (Lipinski definition) is 6. The van der Waals surface area contributed by atoms with Gasteiger partial charge in [-0.05, 0) is 48.6 Å². The Balaban J connectivity index is 1.40. The summed E-state index contributed by atoms with van der Waals surface area (Å²) in [5.74, 6) is 0.0933. The van der Waals surface area contributed by atoms with E-state index in [1.165, 1.54) is 6.07 Å². The van der Waals surface area contributed by atoms with Crippen LogP contribution in [0.1, 0.15) is 35.2 Å². The van der Waals surface area contributed by atoms with Crippen LogP contribution >= 0.6 is 11.3 Å². The van der Waals surface area contributed by atoms with Crippen LogP contribution in [0.2, 0.25) is 0 Å². The van der Waals surface area contributed by atoms with Crippen molar-refractivity contribution in [1.29, 1.82) is 0 Å². The summed E-state index contributed by atoms with van der Waals surface area (Å²) in [5, 5.41) is 3.19. The van der Waals surface area contributed by atoms with Gasteiger partial charge in [0.05, 0.1) is 15.6 Å². The van der Waals surface area contributed by atoms with Crippen molar-refractivity contribution >= 4 is 27.4 Å². The van der Waals surface area contributed by atoms with Crippen molar-refractivity contribution in [1.82, 2.24) is 14.2 Å². The number of alkyl halides is 2. The largest absolute Gasteiger partial charge is 0.435 e. The van der Waals surface area contributed by atoms with Gasteiger partial charge in [0.15, 0.2) is 0 Å². The van der Waals surface area contributed by atoms with Crippen LogP contribution in [0, 0.1) is 0 Å². The zero-order valence-corrected chi connectivity index (χ0v) is 18.9. The molecular formula is C21H25F2N3O3S2. The highest BCUT2D eigenvalue weighted by atomic mass is 32.2. The molecule has 0 bridgehead atoms. The Bertz CT molecular complexity index is 1060. The molecule has 0 amide bonds. The predicted molar refractivity (Wildman–Crippen MR) is 117 cm³/mol. The molecule has 2 heterocycles. The van der Waals surface area contributed by atoms with Gasteiger partial charge in [0.25, 0.3) is 0 Å². The maximum Gasteiger partial charge on any atom is 0.387 e. The molecule has 6 nitrogen and oxygen atoms in total. The van der Waals surface area contributed by atoms with E-state index < -0.39 is 16.6 Å². The highest BCUT2D eigenvalue weighted by Crippen LogP contribution is 2.32. The van der Waals surface area contributed by atoms with E-state index in [1.807, 2.05) is 0 Å². The number of fused-ring (bicyclic) bond motifs is 1. The van der Waals surface area contributed by atoms with Gasteiger partial charge < -0.3 is 4.74 Å². The third-order valence-electron chi connectivity index (χ3n) is 5.59. The second-order valence-electron chi connectivity index (χ2n) is 7.62. The van der Waals surface area contributed by atoms with Gasteiger partial charge in [-0.15, -0.1) is 11.3 Å². The summed E-state index contributed by atoms with van der Waals surface area (Å²) in [4.78, 5) is 7.20. The maximum absolute atomic E-state index is 13.2. The average Bonchev–Trinajstić information content (AvgIpc) is 3.21. The first kappa shape index (κ1) is 22.3. The SMILES string of the molecule is CCc1nc(CN2CCN(S(=O)(=O)C3=Cc4ccc(OC(F)F)cc4CC3)CC2)cs1. The standard InChI is InChI=1S/C21H25F2N3O3S2/c1-2-20-24-17(14-30-20)13-25-7-9-26(10-8-25)31(27,28)19-6-4-15-11-18(29-21(22)23)5-3-16(15)12-19/h3,5,11-12,14,21H,2,4,6-10,13H2,1H3. The smallest absolute Gasteiger partial charge is 0.387 e. The number of ether oxygens (including phenoxy) is 1. The normalized spacial score (nSPS) is 18.1. The van der Waals surface area contributed by atoms with Gasteiger partial charge >= 0.3 is 6.61 Å². The van der Waals surface area contributed by atoms with E-state index in [0.29, 0.717) is 43.9 Å². The third-order valence-corrected chi connectivity index (χ3v) is 8.66. The fourth-order valence-corrected chi connectivity index (χ4v) is 6.28. The molecule has 1 aliphatic carbocycles. The minimum atomic E-state index is -3.55. The number of piperazine rings is 1. The molecule has 0 saturated carbocycles. The van der Waals surface area contributed by atoms with Crippen LogP contribution in [-0.2, 0) is 29.4 Å². The summed E-state index contributed by atoms with van der Waals surface area (Å²) in [6.07, 6.45) is 3.42. The Morgan fingerprint density at radius 2 is 1.97 bits per heavy atom. The molecule has 0 unspecified atom stereocenters. The molecule has 2 aliphatic rings. The molecule has 1 aromatic heterocycles. The quantitative estimate of drug-likeness (QED) is 0.618. The van der Waals surface area contributed by atoms with Crippen molar-refractivity contribution in [2.45, 2.75) is 39.3 Å². The molecule has 1 fully saturated rings. The molecule has 0 radical (unpaired) electrons. The summed E-state index contributed by atoms with van der Waals surface area (Å²) in [7, 11) is -3.55. The van der Waals surface area contributed by atoms with Crippen molar-refractivity contribution in [3.8, 4) is 5.75 Å². The fourth-order valence-electron chi connectivity index (χ4n) is 3.93. The lowest BCUT2D eigenvalue weighted by Gasteiger charge is -2.34. The number of sulfonamides is 1. The van der Waals surface area contributed by atoms with Gasteiger partial charge in [0.1, 0.15) is 5.75 Å². The van der Waals surface area contributed by atoms with E-state index in [4.69, 9.17) is 0 Å². The number of rotatable bonds is 7. The van der Waals surface area contributed by atoms with E-state index in [9.17, 15) is 17.2 Å². The minimum absolute atomic E-state index is 0.0933. The van der Waals surface area contributed by atoms with Crippen molar-refractivity contribution in [3.05, 3.63) is 50.3 Å². The van der Waals surface area contributed by atoms with Gasteiger partial charge in [-0.3, -0.25) is 4.90 Å². The first-order valence-corrected chi connectivity index (χ1v) is 12.6. The Hall–Kier alpha value is -1.88.